The SMILES string of the molecule is CCC(C#N)(CCCSc1cc(C)nn1C)NC(C)C. The maximum atomic E-state index is 9.46. The maximum Gasteiger partial charge on any atom is 0.106 e. The lowest BCUT2D eigenvalue weighted by molar-refractivity contribution is 0.341. The van der Waals surface area contributed by atoms with Gasteiger partial charge in [0.2, 0.25) is 0 Å². The van der Waals surface area contributed by atoms with E-state index < -0.39 is 0 Å². The third kappa shape index (κ3) is 4.84. The quantitative estimate of drug-likeness (QED) is 0.590. The molecule has 0 amide bonds. The molecule has 0 radical (unpaired) electrons. The average molecular weight is 294 g/mol. The lowest BCUT2D eigenvalue weighted by Gasteiger charge is -2.29. The molecule has 1 N–H and O–H groups in total. The largest absolute Gasteiger partial charge is 0.297 e. The number of nitriles is 1. The highest BCUT2D eigenvalue weighted by Crippen LogP contribution is 2.23. The van der Waals surface area contributed by atoms with Crippen molar-refractivity contribution < 1.29 is 0 Å². The molecule has 0 bridgehead atoms. The van der Waals surface area contributed by atoms with Crippen LogP contribution in [0.25, 0.3) is 0 Å². The Bertz CT molecular complexity index is 461. The first-order chi connectivity index (χ1) is 9.42. The summed E-state index contributed by atoms with van der Waals surface area (Å²) in [6.07, 6.45) is 2.76. The number of nitrogens with one attached hydrogen (secondary N) is 1. The van der Waals surface area contributed by atoms with E-state index in [-0.39, 0.29) is 5.54 Å². The van der Waals surface area contributed by atoms with Gasteiger partial charge in [-0.15, -0.1) is 11.8 Å². The van der Waals surface area contributed by atoms with Gasteiger partial charge in [-0.1, -0.05) is 6.92 Å². The molecule has 0 saturated heterocycles. The van der Waals surface area contributed by atoms with Crippen molar-refractivity contribution in [3.8, 4) is 6.07 Å². The van der Waals surface area contributed by atoms with E-state index in [4.69, 9.17) is 0 Å². The minimum absolute atomic E-state index is 0.335. The van der Waals surface area contributed by atoms with Crippen LogP contribution in [0.15, 0.2) is 11.1 Å². The molecule has 0 spiro atoms. The molecule has 0 aliphatic rings. The lowest BCUT2D eigenvalue weighted by Crippen LogP contribution is -2.47. The van der Waals surface area contributed by atoms with E-state index >= 15 is 0 Å². The normalized spacial score (nSPS) is 14.2. The van der Waals surface area contributed by atoms with Gasteiger partial charge >= 0.3 is 0 Å². The molecule has 1 aromatic heterocycles. The third-order valence-corrected chi connectivity index (χ3v) is 4.51. The van der Waals surface area contributed by atoms with E-state index in [0.717, 1.165) is 30.7 Å². The van der Waals surface area contributed by atoms with Gasteiger partial charge in [-0.05, 0) is 51.9 Å². The second-order valence-corrected chi connectivity index (χ2v) is 6.66. The Morgan fingerprint density at radius 3 is 2.70 bits per heavy atom. The molecule has 0 aliphatic heterocycles. The zero-order valence-electron chi connectivity index (χ0n) is 13.2. The van der Waals surface area contributed by atoms with Gasteiger partial charge in [-0.25, -0.2) is 0 Å². The second kappa shape index (κ2) is 7.70. The average Bonchev–Trinajstić information content (AvgIpc) is 2.71. The highest BCUT2D eigenvalue weighted by atomic mass is 32.2. The van der Waals surface area contributed by atoms with Crippen LogP contribution in [0.4, 0.5) is 0 Å². The van der Waals surface area contributed by atoms with Gasteiger partial charge < -0.3 is 0 Å². The lowest BCUT2D eigenvalue weighted by atomic mass is 9.91. The van der Waals surface area contributed by atoms with E-state index in [0.29, 0.717) is 6.04 Å². The molecule has 1 aromatic rings. The maximum absolute atomic E-state index is 9.46. The molecule has 112 valence electrons. The van der Waals surface area contributed by atoms with Crippen molar-refractivity contribution >= 4 is 11.8 Å². The van der Waals surface area contributed by atoms with Gasteiger partial charge in [0, 0.05) is 13.1 Å². The zero-order valence-corrected chi connectivity index (χ0v) is 14.0. The molecule has 0 aromatic carbocycles. The summed E-state index contributed by atoms with van der Waals surface area (Å²) >= 11 is 1.81. The second-order valence-electron chi connectivity index (χ2n) is 5.55. The van der Waals surface area contributed by atoms with Crippen LogP contribution in [0.2, 0.25) is 0 Å². The molecule has 1 unspecified atom stereocenters. The molecule has 20 heavy (non-hydrogen) atoms. The predicted molar refractivity (Wildman–Crippen MR) is 84.8 cm³/mol. The van der Waals surface area contributed by atoms with Crippen molar-refractivity contribution in [1.82, 2.24) is 15.1 Å². The Morgan fingerprint density at radius 2 is 2.25 bits per heavy atom. The molecule has 0 aliphatic carbocycles. The summed E-state index contributed by atoms with van der Waals surface area (Å²) in [5.41, 5.74) is 0.674. The third-order valence-electron chi connectivity index (χ3n) is 3.34. The molecule has 5 heteroatoms. The fourth-order valence-corrected chi connectivity index (χ4v) is 3.32. The van der Waals surface area contributed by atoms with Gasteiger partial charge in [-0.3, -0.25) is 10.00 Å². The van der Waals surface area contributed by atoms with Gasteiger partial charge in [0.25, 0.3) is 0 Å². The summed E-state index contributed by atoms with van der Waals surface area (Å²) in [5.74, 6) is 1.02. The number of aromatic nitrogens is 2. The number of rotatable bonds is 8. The summed E-state index contributed by atoms with van der Waals surface area (Å²) in [6, 6.07) is 4.91. The van der Waals surface area contributed by atoms with Crippen LogP contribution in [0, 0.1) is 18.3 Å². The van der Waals surface area contributed by atoms with Crippen LogP contribution in [0.5, 0.6) is 0 Å². The Labute approximate surface area is 126 Å². The van der Waals surface area contributed by atoms with Gasteiger partial charge in [0.1, 0.15) is 5.54 Å². The molecular weight excluding hydrogens is 268 g/mol. The number of aryl methyl sites for hydroxylation is 2. The molecule has 4 nitrogen and oxygen atoms in total. The highest BCUT2D eigenvalue weighted by molar-refractivity contribution is 7.99. The van der Waals surface area contributed by atoms with E-state index in [1.165, 1.54) is 5.03 Å². The van der Waals surface area contributed by atoms with Gasteiger partial charge in [0.05, 0.1) is 16.8 Å². The Morgan fingerprint density at radius 1 is 1.55 bits per heavy atom. The zero-order chi connectivity index (χ0) is 15.2. The van der Waals surface area contributed by atoms with Gasteiger partial charge in [0.15, 0.2) is 0 Å². The Kier molecular flexibility index (Phi) is 6.57. The molecule has 1 heterocycles. The molecule has 1 atom stereocenters. The van der Waals surface area contributed by atoms with Crippen LogP contribution in [-0.2, 0) is 7.05 Å². The van der Waals surface area contributed by atoms with Crippen molar-refractivity contribution in [2.45, 2.75) is 63.6 Å². The number of nitrogens with zero attached hydrogens (tertiary/aromatic N) is 3. The van der Waals surface area contributed by atoms with E-state index in [1.54, 1.807) is 0 Å². The summed E-state index contributed by atoms with van der Waals surface area (Å²) in [4.78, 5) is 0. The first kappa shape index (κ1) is 17.1. The van der Waals surface area contributed by atoms with Crippen molar-refractivity contribution in [3.63, 3.8) is 0 Å². The minimum Gasteiger partial charge on any atom is -0.297 e. The Balaban J connectivity index is 2.45. The van der Waals surface area contributed by atoms with Crippen molar-refractivity contribution in [3.05, 3.63) is 11.8 Å². The standard InChI is InChI=1S/C15H26N4S/c1-6-15(11-16,17-12(2)3)8-7-9-20-14-10-13(4)18-19(14)5/h10,12,17H,6-9H2,1-5H3. The van der Waals surface area contributed by atoms with Crippen LogP contribution in [-0.4, -0.2) is 27.1 Å². The minimum atomic E-state index is -0.378. The highest BCUT2D eigenvalue weighted by Gasteiger charge is 2.27. The predicted octanol–water partition coefficient (Wildman–Crippen LogP) is 3.27. The molecule has 0 fully saturated rings. The first-order valence-electron chi connectivity index (χ1n) is 7.25. The summed E-state index contributed by atoms with van der Waals surface area (Å²) in [6.45, 7) is 8.27. The fraction of sp³-hybridized carbons (Fsp3) is 0.733. The summed E-state index contributed by atoms with van der Waals surface area (Å²) in [7, 11) is 1.97. The van der Waals surface area contributed by atoms with Crippen molar-refractivity contribution in [2.75, 3.05) is 5.75 Å². The number of thioether (sulfide) groups is 1. The molecular formula is C15H26N4S. The van der Waals surface area contributed by atoms with Crippen LogP contribution >= 0.6 is 11.8 Å². The summed E-state index contributed by atoms with van der Waals surface area (Å²) < 4.78 is 1.92. The van der Waals surface area contributed by atoms with E-state index in [9.17, 15) is 5.26 Å². The van der Waals surface area contributed by atoms with E-state index in [2.05, 4.69) is 43.3 Å². The first-order valence-corrected chi connectivity index (χ1v) is 8.23. The fourth-order valence-electron chi connectivity index (χ4n) is 2.34. The topological polar surface area (TPSA) is 53.6 Å². The molecule has 0 saturated carbocycles. The summed E-state index contributed by atoms with van der Waals surface area (Å²) in [5, 5.41) is 18.4. The van der Waals surface area contributed by atoms with Crippen molar-refractivity contribution in [1.29, 1.82) is 5.26 Å². The van der Waals surface area contributed by atoms with Crippen molar-refractivity contribution in [2.24, 2.45) is 7.05 Å². The monoisotopic (exact) mass is 294 g/mol. The molecule has 1 rings (SSSR count). The van der Waals surface area contributed by atoms with Crippen LogP contribution in [0.1, 0.15) is 45.7 Å². The number of hydrogen-bond acceptors (Lipinski definition) is 4. The van der Waals surface area contributed by atoms with E-state index in [1.807, 2.05) is 30.4 Å². The Hall–Kier alpha value is -0.990. The van der Waals surface area contributed by atoms with Crippen LogP contribution < -0.4 is 5.32 Å². The van der Waals surface area contributed by atoms with Gasteiger partial charge in [-0.2, -0.15) is 10.4 Å². The number of hydrogen-bond donors (Lipinski definition) is 1. The van der Waals surface area contributed by atoms with Crippen LogP contribution in [0.3, 0.4) is 0 Å². The smallest absolute Gasteiger partial charge is 0.106 e.